The molecule has 0 heterocycles. The Bertz CT molecular complexity index is 164. The highest BCUT2D eigenvalue weighted by Gasteiger charge is 1.94. The Hall–Kier alpha value is -0.260. The van der Waals surface area contributed by atoms with Crippen LogP contribution in [0.1, 0.15) is 136 Å². The van der Waals surface area contributed by atoms with Gasteiger partial charge in [-0.1, -0.05) is 135 Å². The van der Waals surface area contributed by atoms with E-state index in [0.717, 1.165) is 0 Å². The van der Waals surface area contributed by atoms with Gasteiger partial charge in [-0.05, 0) is 6.92 Å². The van der Waals surface area contributed by atoms with Crippen molar-refractivity contribution in [1.29, 1.82) is 0 Å². The zero-order valence-electron chi connectivity index (χ0n) is 17.0. The van der Waals surface area contributed by atoms with Crippen LogP contribution in [0, 0.1) is 0 Å². The zero-order valence-corrected chi connectivity index (χ0v) is 17.0. The molecule has 0 saturated carbocycles. The van der Waals surface area contributed by atoms with Crippen molar-refractivity contribution >= 4 is 0 Å². The third kappa shape index (κ3) is 30.2. The summed E-state index contributed by atoms with van der Waals surface area (Å²) in [4.78, 5) is 0. The van der Waals surface area contributed by atoms with Gasteiger partial charge in [0, 0.05) is 0 Å². The first-order chi connectivity index (χ1) is 11.3. The van der Waals surface area contributed by atoms with Gasteiger partial charge >= 0.3 is 0 Å². The lowest BCUT2D eigenvalue weighted by Gasteiger charge is -2.03. The van der Waals surface area contributed by atoms with Crippen molar-refractivity contribution in [3.05, 3.63) is 12.7 Å². The lowest BCUT2D eigenvalue weighted by Crippen LogP contribution is -1.83. The monoisotopic (exact) mass is 324 g/mol. The smallest absolute Gasteiger partial charge is 0.0473 e. The fourth-order valence-electron chi connectivity index (χ4n) is 2.97. The lowest BCUT2D eigenvalue weighted by atomic mass is 10.0. The van der Waals surface area contributed by atoms with E-state index in [1.807, 2.05) is 6.92 Å². The summed E-state index contributed by atoms with van der Waals surface area (Å²) in [5.41, 5.74) is 0. The van der Waals surface area contributed by atoms with Gasteiger partial charge in [0.1, 0.15) is 0 Å². The van der Waals surface area contributed by atoms with Crippen LogP contribution in [-0.4, -0.2) is 0 Å². The van der Waals surface area contributed by atoms with Gasteiger partial charge in [-0.15, -0.1) is 6.58 Å². The van der Waals surface area contributed by atoms with Crippen LogP contribution in [-0.2, 0) is 0 Å². The molecule has 0 saturated heterocycles. The predicted octanol–water partition coefficient (Wildman–Crippen LogP) is 9.24. The highest BCUT2D eigenvalue weighted by Crippen LogP contribution is 2.14. The summed E-state index contributed by atoms with van der Waals surface area (Å²) in [5.74, 6) is 0. The van der Waals surface area contributed by atoms with Crippen LogP contribution in [0.2, 0.25) is 0 Å². The van der Waals surface area contributed by atoms with E-state index >= 15 is 0 Å². The quantitative estimate of drug-likeness (QED) is 0.185. The van der Waals surface area contributed by atoms with Crippen molar-refractivity contribution in [3.63, 3.8) is 0 Å². The highest BCUT2D eigenvalue weighted by atomic mass is 14.0. The molecule has 0 spiro atoms. The van der Waals surface area contributed by atoms with Gasteiger partial charge in [0.15, 0.2) is 0 Å². The molecule has 0 aromatic carbocycles. The summed E-state index contributed by atoms with van der Waals surface area (Å²) in [6.07, 6.45) is 28.2. The van der Waals surface area contributed by atoms with Crippen molar-refractivity contribution < 1.29 is 0 Å². The highest BCUT2D eigenvalue weighted by molar-refractivity contribution is 4.51. The fourth-order valence-corrected chi connectivity index (χ4v) is 2.97. The average molecular weight is 325 g/mol. The second-order valence-corrected chi connectivity index (χ2v) is 7.07. The first-order valence-electron chi connectivity index (χ1n) is 10.9. The standard InChI is InChI=1S/C20H42.C3H6/c1-3-5-7-9-11-13-15-17-19-20-18-16-14-12-10-8-6-4-2;1-3-2/h3-20H2,1-2H3;3H,1H2,2H3. The van der Waals surface area contributed by atoms with Crippen LogP contribution in [0.3, 0.4) is 0 Å². The van der Waals surface area contributed by atoms with Crippen molar-refractivity contribution in [3.8, 4) is 0 Å². The summed E-state index contributed by atoms with van der Waals surface area (Å²) in [7, 11) is 0. The van der Waals surface area contributed by atoms with Crippen LogP contribution in [0.25, 0.3) is 0 Å². The van der Waals surface area contributed by atoms with Gasteiger partial charge in [-0.2, -0.15) is 0 Å². The third-order valence-electron chi connectivity index (χ3n) is 4.46. The molecule has 0 aromatic heterocycles. The van der Waals surface area contributed by atoms with Gasteiger partial charge in [-0.25, -0.2) is 0 Å². The molecule has 0 radical (unpaired) electrons. The van der Waals surface area contributed by atoms with E-state index in [9.17, 15) is 0 Å². The Morgan fingerprint density at radius 2 is 0.565 bits per heavy atom. The molecule has 0 aliphatic heterocycles. The van der Waals surface area contributed by atoms with Crippen molar-refractivity contribution in [2.24, 2.45) is 0 Å². The maximum absolute atomic E-state index is 3.36. The average Bonchev–Trinajstić information content (AvgIpc) is 2.55. The summed E-state index contributed by atoms with van der Waals surface area (Å²) in [6.45, 7) is 9.84. The van der Waals surface area contributed by atoms with Crippen molar-refractivity contribution in [2.45, 2.75) is 136 Å². The molecule has 23 heavy (non-hydrogen) atoms. The molecule has 0 aromatic rings. The van der Waals surface area contributed by atoms with Gasteiger partial charge in [-0.3, -0.25) is 0 Å². The molecular formula is C23H48. The number of hydrogen-bond acceptors (Lipinski definition) is 0. The summed E-state index contributed by atoms with van der Waals surface area (Å²) in [6, 6.07) is 0. The Morgan fingerprint density at radius 1 is 0.435 bits per heavy atom. The maximum Gasteiger partial charge on any atom is -0.0473 e. The maximum atomic E-state index is 3.36. The summed E-state index contributed by atoms with van der Waals surface area (Å²) in [5, 5.41) is 0. The van der Waals surface area contributed by atoms with E-state index in [1.54, 1.807) is 6.08 Å². The third-order valence-corrected chi connectivity index (χ3v) is 4.46. The normalized spacial score (nSPS) is 10.2. The molecule has 0 aliphatic carbocycles. The molecule has 0 bridgehead atoms. The number of allylic oxidation sites excluding steroid dienone is 1. The minimum atomic E-state index is 1.37. The van der Waals surface area contributed by atoms with E-state index in [1.165, 1.54) is 116 Å². The Kier molecular flexibility index (Phi) is 28.9. The van der Waals surface area contributed by atoms with E-state index in [2.05, 4.69) is 20.4 Å². The Balaban J connectivity index is 0. The second kappa shape index (κ2) is 26.6. The number of unbranched alkanes of at least 4 members (excludes halogenated alkanes) is 17. The molecule has 0 rings (SSSR count). The first kappa shape index (κ1) is 25.0. The van der Waals surface area contributed by atoms with Gasteiger partial charge in [0.25, 0.3) is 0 Å². The Morgan fingerprint density at radius 3 is 0.696 bits per heavy atom. The van der Waals surface area contributed by atoms with Crippen LogP contribution in [0.15, 0.2) is 12.7 Å². The lowest BCUT2D eigenvalue weighted by molar-refractivity contribution is 0.526. The van der Waals surface area contributed by atoms with Crippen LogP contribution in [0.4, 0.5) is 0 Å². The topological polar surface area (TPSA) is 0 Å². The molecule has 0 unspecified atom stereocenters. The summed E-state index contributed by atoms with van der Waals surface area (Å²) < 4.78 is 0. The van der Waals surface area contributed by atoms with Crippen molar-refractivity contribution in [1.82, 2.24) is 0 Å². The molecule has 0 heteroatoms. The van der Waals surface area contributed by atoms with E-state index in [4.69, 9.17) is 0 Å². The van der Waals surface area contributed by atoms with Gasteiger partial charge in [0.2, 0.25) is 0 Å². The molecule has 0 nitrogen and oxygen atoms in total. The van der Waals surface area contributed by atoms with Crippen LogP contribution >= 0.6 is 0 Å². The van der Waals surface area contributed by atoms with Crippen LogP contribution < -0.4 is 0 Å². The fraction of sp³-hybridized carbons (Fsp3) is 0.913. The molecule has 0 fully saturated rings. The predicted molar refractivity (Wildman–Crippen MR) is 110 cm³/mol. The molecule has 0 atom stereocenters. The minimum absolute atomic E-state index is 1.37. The number of rotatable bonds is 17. The van der Waals surface area contributed by atoms with E-state index < -0.39 is 0 Å². The first-order valence-corrected chi connectivity index (χ1v) is 10.9. The largest absolute Gasteiger partial charge is 0.103 e. The minimum Gasteiger partial charge on any atom is -0.103 e. The van der Waals surface area contributed by atoms with Crippen molar-refractivity contribution in [2.75, 3.05) is 0 Å². The SMILES string of the molecule is C=CC.CCCCCCCCCCCCCCCCCCCC. The zero-order chi connectivity index (χ0) is 17.4. The molecule has 0 N–H and O–H groups in total. The van der Waals surface area contributed by atoms with Gasteiger partial charge < -0.3 is 0 Å². The van der Waals surface area contributed by atoms with E-state index in [0.29, 0.717) is 0 Å². The second-order valence-electron chi connectivity index (χ2n) is 7.07. The van der Waals surface area contributed by atoms with Gasteiger partial charge in [0.05, 0.1) is 0 Å². The molecule has 0 aliphatic rings. The Labute approximate surface area is 149 Å². The molecule has 140 valence electrons. The molecular weight excluding hydrogens is 276 g/mol. The summed E-state index contributed by atoms with van der Waals surface area (Å²) >= 11 is 0. The van der Waals surface area contributed by atoms with Crippen LogP contribution in [0.5, 0.6) is 0 Å². The number of hydrogen-bond donors (Lipinski definition) is 0. The van der Waals surface area contributed by atoms with E-state index in [-0.39, 0.29) is 0 Å². The molecule has 0 amide bonds.